The lowest BCUT2D eigenvalue weighted by Gasteiger charge is -1.96. The first-order valence-electron chi connectivity index (χ1n) is 4.66. The zero-order chi connectivity index (χ0) is 10.9. The van der Waals surface area contributed by atoms with Gasteiger partial charge in [-0.3, -0.25) is 0 Å². The van der Waals surface area contributed by atoms with Gasteiger partial charge in [0.25, 0.3) is 0 Å². The Morgan fingerprint density at radius 2 is 1.20 bits per heavy atom. The maximum Gasteiger partial charge on any atom is 0.118 e. The average molecular weight is 218 g/mol. The molecule has 0 radical (unpaired) electrons. The SMILES string of the molecule is COc1ccc(S)cc1.c1ccccc1. The summed E-state index contributed by atoms with van der Waals surface area (Å²) in [5.74, 6) is 0.868. The molecule has 2 heteroatoms. The summed E-state index contributed by atoms with van der Waals surface area (Å²) in [6, 6.07) is 19.5. The lowest BCUT2D eigenvalue weighted by atomic mass is 10.3. The van der Waals surface area contributed by atoms with Gasteiger partial charge in [0.2, 0.25) is 0 Å². The van der Waals surface area contributed by atoms with E-state index in [0.717, 1.165) is 10.6 Å². The van der Waals surface area contributed by atoms with Crippen LogP contribution in [0, 0.1) is 0 Å². The van der Waals surface area contributed by atoms with Crippen LogP contribution in [0.4, 0.5) is 0 Å². The highest BCUT2D eigenvalue weighted by atomic mass is 32.1. The summed E-state index contributed by atoms with van der Waals surface area (Å²) in [4.78, 5) is 0.954. The fourth-order valence-electron chi connectivity index (χ4n) is 0.967. The second kappa shape index (κ2) is 6.96. The van der Waals surface area contributed by atoms with Gasteiger partial charge >= 0.3 is 0 Å². The monoisotopic (exact) mass is 218 g/mol. The first kappa shape index (κ1) is 11.7. The summed E-state index contributed by atoms with van der Waals surface area (Å²) in [6.45, 7) is 0. The van der Waals surface area contributed by atoms with Crippen LogP contribution in [0.5, 0.6) is 5.75 Å². The molecule has 2 aromatic rings. The molecular weight excluding hydrogens is 204 g/mol. The van der Waals surface area contributed by atoms with Crippen molar-refractivity contribution in [2.45, 2.75) is 4.90 Å². The van der Waals surface area contributed by atoms with Gasteiger partial charge in [-0.05, 0) is 24.3 Å². The van der Waals surface area contributed by atoms with E-state index in [1.54, 1.807) is 7.11 Å². The van der Waals surface area contributed by atoms with Crippen LogP contribution in [-0.4, -0.2) is 7.11 Å². The quantitative estimate of drug-likeness (QED) is 0.718. The van der Waals surface area contributed by atoms with Gasteiger partial charge < -0.3 is 4.74 Å². The summed E-state index contributed by atoms with van der Waals surface area (Å²) in [6.07, 6.45) is 0. The number of benzene rings is 2. The molecule has 78 valence electrons. The molecular formula is C13H14OS. The average Bonchev–Trinajstić information content (AvgIpc) is 2.33. The molecule has 0 spiro atoms. The number of ether oxygens (including phenoxy) is 1. The number of thiol groups is 1. The van der Waals surface area contributed by atoms with Gasteiger partial charge in [-0.25, -0.2) is 0 Å². The zero-order valence-electron chi connectivity index (χ0n) is 8.63. The second-order valence-electron chi connectivity index (χ2n) is 2.85. The fraction of sp³-hybridized carbons (Fsp3) is 0.0769. The van der Waals surface area contributed by atoms with Crippen LogP contribution in [0.3, 0.4) is 0 Å². The Morgan fingerprint density at radius 3 is 1.53 bits per heavy atom. The van der Waals surface area contributed by atoms with Crippen molar-refractivity contribution in [1.29, 1.82) is 0 Å². The van der Waals surface area contributed by atoms with Crippen molar-refractivity contribution in [2.75, 3.05) is 7.11 Å². The van der Waals surface area contributed by atoms with E-state index in [2.05, 4.69) is 12.6 Å². The summed E-state index contributed by atoms with van der Waals surface area (Å²) < 4.78 is 4.94. The van der Waals surface area contributed by atoms with E-state index in [0.29, 0.717) is 0 Å². The molecule has 0 saturated carbocycles. The van der Waals surface area contributed by atoms with Crippen LogP contribution in [0.15, 0.2) is 65.6 Å². The van der Waals surface area contributed by atoms with E-state index in [1.807, 2.05) is 60.7 Å². The Balaban J connectivity index is 0.000000162. The molecule has 0 aromatic heterocycles. The van der Waals surface area contributed by atoms with Crippen molar-refractivity contribution in [1.82, 2.24) is 0 Å². The minimum absolute atomic E-state index is 0.868. The minimum Gasteiger partial charge on any atom is -0.497 e. The van der Waals surface area contributed by atoms with Crippen LogP contribution >= 0.6 is 12.6 Å². The molecule has 15 heavy (non-hydrogen) atoms. The van der Waals surface area contributed by atoms with Gasteiger partial charge in [0.05, 0.1) is 7.11 Å². The zero-order valence-corrected chi connectivity index (χ0v) is 9.52. The predicted octanol–water partition coefficient (Wildman–Crippen LogP) is 3.67. The Kier molecular flexibility index (Phi) is 5.41. The van der Waals surface area contributed by atoms with Crippen LogP contribution in [0.25, 0.3) is 0 Å². The van der Waals surface area contributed by atoms with Crippen LogP contribution < -0.4 is 4.74 Å². The maximum absolute atomic E-state index is 4.94. The summed E-state index contributed by atoms with van der Waals surface area (Å²) in [5, 5.41) is 0. The van der Waals surface area contributed by atoms with Crippen molar-refractivity contribution < 1.29 is 4.74 Å². The Bertz CT molecular complexity index is 329. The number of methoxy groups -OCH3 is 1. The highest BCUT2D eigenvalue weighted by molar-refractivity contribution is 7.80. The smallest absolute Gasteiger partial charge is 0.118 e. The predicted molar refractivity (Wildman–Crippen MR) is 66.7 cm³/mol. The van der Waals surface area contributed by atoms with E-state index in [9.17, 15) is 0 Å². The van der Waals surface area contributed by atoms with Crippen molar-refractivity contribution in [3.8, 4) is 5.75 Å². The minimum atomic E-state index is 0.868. The molecule has 0 saturated heterocycles. The van der Waals surface area contributed by atoms with Gasteiger partial charge in [0.15, 0.2) is 0 Å². The Morgan fingerprint density at radius 1 is 0.800 bits per heavy atom. The summed E-state index contributed by atoms with van der Waals surface area (Å²) in [5.41, 5.74) is 0. The largest absolute Gasteiger partial charge is 0.497 e. The third-order valence-corrected chi connectivity index (χ3v) is 2.04. The molecule has 0 heterocycles. The first-order chi connectivity index (χ1) is 7.33. The second-order valence-corrected chi connectivity index (χ2v) is 3.37. The van der Waals surface area contributed by atoms with Gasteiger partial charge in [-0.15, -0.1) is 12.6 Å². The van der Waals surface area contributed by atoms with E-state index < -0.39 is 0 Å². The van der Waals surface area contributed by atoms with Crippen LogP contribution in [0.1, 0.15) is 0 Å². The first-order valence-corrected chi connectivity index (χ1v) is 5.10. The molecule has 2 aromatic carbocycles. The highest BCUT2D eigenvalue weighted by Crippen LogP contribution is 2.12. The van der Waals surface area contributed by atoms with Crippen molar-refractivity contribution in [3.63, 3.8) is 0 Å². The van der Waals surface area contributed by atoms with Crippen molar-refractivity contribution in [3.05, 3.63) is 60.7 Å². The van der Waals surface area contributed by atoms with Gasteiger partial charge in [-0.2, -0.15) is 0 Å². The van der Waals surface area contributed by atoms with Gasteiger partial charge in [0, 0.05) is 4.90 Å². The van der Waals surface area contributed by atoms with Crippen molar-refractivity contribution in [2.24, 2.45) is 0 Å². The van der Waals surface area contributed by atoms with E-state index in [-0.39, 0.29) is 0 Å². The van der Waals surface area contributed by atoms with E-state index in [4.69, 9.17) is 4.74 Å². The van der Waals surface area contributed by atoms with E-state index in [1.165, 1.54) is 0 Å². The number of rotatable bonds is 1. The molecule has 1 nitrogen and oxygen atoms in total. The Labute approximate surface area is 96.1 Å². The van der Waals surface area contributed by atoms with E-state index >= 15 is 0 Å². The molecule has 2 rings (SSSR count). The molecule has 0 aliphatic heterocycles. The Hall–Kier alpha value is -1.41. The molecule has 0 unspecified atom stereocenters. The lowest BCUT2D eigenvalue weighted by molar-refractivity contribution is 0.414. The maximum atomic E-state index is 4.94. The fourth-order valence-corrected chi connectivity index (χ4v) is 1.12. The van der Waals surface area contributed by atoms with Gasteiger partial charge in [-0.1, -0.05) is 36.4 Å². The summed E-state index contributed by atoms with van der Waals surface area (Å²) >= 11 is 4.11. The molecule has 0 aliphatic carbocycles. The molecule has 0 N–H and O–H groups in total. The molecule has 0 amide bonds. The lowest BCUT2D eigenvalue weighted by Crippen LogP contribution is -1.79. The highest BCUT2D eigenvalue weighted by Gasteiger charge is 1.86. The standard InChI is InChI=1S/C7H8OS.C6H6/c1-8-6-2-4-7(9)5-3-6;1-2-4-6-5-3-1/h2-5,9H,1H3;1-6H. The molecule has 0 aliphatic rings. The van der Waals surface area contributed by atoms with Crippen molar-refractivity contribution >= 4 is 12.6 Å². The van der Waals surface area contributed by atoms with Gasteiger partial charge in [0.1, 0.15) is 5.75 Å². The normalized spacial score (nSPS) is 8.67. The topological polar surface area (TPSA) is 9.23 Å². The van der Waals surface area contributed by atoms with Crippen LogP contribution in [0.2, 0.25) is 0 Å². The molecule has 0 bridgehead atoms. The molecule has 0 atom stereocenters. The number of hydrogen-bond donors (Lipinski definition) is 1. The molecule has 0 fully saturated rings. The third kappa shape index (κ3) is 5.13. The number of hydrogen-bond acceptors (Lipinski definition) is 2. The third-order valence-electron chi connectivity index (χ3n) is 1.74. The van der Waals surface area contributed by atoms with Crippen LogP contribution in [-0.2, 0) is 0 Å². The summed E-state index contributed by atoms with van der Waals surface area (Å²) in [7, 11) is 1.65.